The predicted octanol–water partition coefficient (Wildman–Crippen LogP) is 4.29. The zero-order valence-electron chi connectivity index (χ0n) is 17.2. The Hall–Kier alpha value is -2.57. The number of fused-ring (bicyclic) bond motifs is 1. The first-order valence-electron chi connectivity index (χ1n) is 9.43. The molecule has 0 aromatic heterocycles. The predicted molar refractivity (Wildman–Crippen MR) is 118 cm³/mol. The summed E-state index contributed by atoms with van der Waals surface area (Å²) in [6.45, 7) is 4.36. The first-order valence-corrected chi connectivity index (χ1v) is 9.43. The van der Waals surface area contributed by atoms with Crippen molar-refractivity contribution in [3.63, 3.8) is 0 Å². The van der Waals surface area contributed by atoms with Crippen LogP contribution in [0.25, 0.3) is 11.1 Å². The SMILES string of the molecule is CC(=O)N1c2ccc(-c3ccc(CN(C)C)cc3)cc2[C@@H](NC(=O)O)C[C@H]1C.Cl. The maximum Gasteiger partial charge on any atom is 0.405 e. The van der Waals surface area contributed by atoms with Crippen LogP contribution in [0.5, 0.6) is 0 Å². The number of benzene rings is 2. The Kier molecular flexibility index (Phi) is 7.27. The van der Waals surface area contributed by atoms with Gasteiger partial charge in [0, 0.05) is 25.2 Å². The molecule has 0 saturated carbocycles. The molecule has 7 heteroatoms. The molecule has 29 heavy (non-hydrogen) atoms. The van der Waals surface area contributed by atoms with E-state index < -0.39 is 6.09 Å². The van der Waals surface area contributed by atoms with E-state index in [9.17, 15) is 14.7 Å². The topological polar surface area (TPSA) is 72.9 Å². The normalized spacial score (nSPS) is 18.0. The fraction of sp³-hybridized carbons (Fsp3) is 0.364. The summed E-state index contributed by atoms with van der Waals surface area (Å²) in [7, 11) is 4.07. The second kappa shape index (κ2) is 9.29. The Bertz CT molecular complexity index is 883. The van der Waals surface area contributed by atoms with Crippen LogP contribution in [0.3, 0.4) is 0 Å². The van der Waals surface area contributed by atoms with Gasteiger partial charge < -0.3 is 20.2 Å². The highest BCUT2D eigenvalue weighted by Gasteiger charge is 2.33. The van der Waals surface area contributed by atoms with Gasteiger partial charge in [0.2, 0.25) is 5.91 Å². The molecule has 0 spiro atoms. The summed E-state index contributed by atoms with van der Waals surface area (Å²) in [5.41, 5.74) is 4.91. The quantitative estimate of drug-likeness (QED) is 0.778. The molecule has 0 radical (unpaired) electrons. The van der Waals surface area contributed by atoms with Crippen LogP contribution in [0.2, 0.25) is 0 Å². The Morgan fingerprint density at radius 1 is 1.14 bits per heavy atom. The van der Waals surface area contributed by atoms with Gasteiger partial charge in [-0.1, -0.05) is 30.3 Å². The molecule has 2 aromatic rings. The summed E-state index contributed by atoms with van der Waals surface area (Å²) < 4.78 is 0. The van der Waals surface area contributed by atoms with Gasteiger partial charge in [-0.05, 0) is 61.8 Å². The van der Waals surface area contributed by atoms with Crippen molar-refractivity contribution in [3.05, 3.63) is 53.6 Å². The van der Waals surface area contributed by atoms with E-state index in [1.54, 1.807) is 11.8 Å². The van der Waals surface area contributed by atoms with Gasteiger partial charge in [0.25, 0.3) is 0 Å². The second-order valence-corrected chi connectivity index (χ2v) is 7.68. The van der Waals surface area contributed by atoms with E-state index >= 15 is 0 Å². The zero-order chi connectivity index (χ0) is 20.4. The molecule has 2 aromatic carbocycles. The Morgan fingerprint density at radius 3 is 2.31 bits per heavy atom. The zero-order valence-corrected chi connectivity index (χ0v) is 18.0. The van der Waals surface area contributed by atoms with Crippen LogP contribution in [0.15, 0.2) is 42.5 Å². The molecule has 1 heterocycles. The molecule has 0 unspecified atom stereocenters. The van der Waals surface area contributed by atoms with E-state index in [2.05, 4.69) is 34.5 Å². The van der Waals surface area contributed by atoms with E-state index in [1.165, 1.54) is 5.56 Å². The van der Waals surface area contributed by atoms with Crippen LogP contribution in [0.4, 0.5) is 10.5 Å². The molecule has 1 aliphatic rings. The number of carboxylic acid groups (broad SMARTS) is 1. The number of anilines is 1. The number of carbonyl (C=O) groups is 2. The molecule has 0 aliphatic carbocycles. The smallest absolute Gasteiger partial charge is 0.405 e. The number of rotatable bonds is 4. The molecule has 3 rings (SSSR count). The third kappa shape index (κ3) is 5.08. The van der Waals surface area contributed by atoms with Crippen molar-refractivity contribution < 1.29 is 14.7 Å². The lowest BCUT2D eigenvalue weighted by Gasteiger charge is -2.39. The van der Waals surface area contributed by atoms with Crippen molar-refractivity contribution in [1.82, 2.24) is 10.2 Å². The van der Waals surface area contributed by atoms with Crippen molar-refractivity contribution in [2.75, 3.05) is 19.0 Å². The van der Waals surface area contributed by atoms with Crippen molar-refractivity contribution in [2.24, 2.45) is 0 Å². The molecule has 1 aliphatic heterocycles. The lowest BCUT2D eigenvalue weighted by atomic mass is 9.89. The van der Waals surface area contributed by atoms with Crippen molar-refractivity contribution >= 4 is 30.1 Å². The summed E-state index contributed by atoms with van der Waals surface area (Å²) in [4.78, 5) is 27.3. The molecule has 2 atom stereocenters. The van der Waals surface area contributed by atoms with Crippen LogP contribution >= 0.6 is 12.4 Å². The maximum absolute atomic E-state index is 12.2. The van der Waals surface area contributed by atoms with Crippen LogP contribution in [0.1, 0.15) is 37.4 Å². The van der Waals surface area contributed by atoms with Gasteiger partial charge >= 0.3 is 6.09 Å². The molecule has 156 valence electrons. The van der Waals surface area contributed by atoms with E-state index in [-0.39, 0.29) is 30.4 Å². The molecular formula is C22H28ClN3O3. The van der Waals surface area contributed by atoms with E-state index in [1.807, 2.05) is 39.2 Å². The average Bonchev–Trinajstić information content (AvgIpc) is 2.61. The molecule has 2 N–H and O–H groups in total. The highest BCUT2D eigenvalue weighted by molar-refractivity contribution is 5.94. The van der Waals surface area contributed by atoms with E-state index in [0.717, 1.165) is 28.9 Å². The number of hydrogen-bond acceptors (Lipinski definition) is 3. The van der Waals surface area contributed by atoms with Crippen molar-refractivity contribution in [1.29, 1.82) is 0 Å². The minimum absolute atomic E-state index is 0. The van der Waals surface area contributed by atoms with Crippen molar-refractivity contribution in [3.8, 4) is 11.1 Å². The van der Waals surface area contributed by atoms with E-state index in [4.69, 9.17) is 0 Å². The van der Waals surface area contributed by atoms with Gasteiger partial charge in [-0.15, -0.1) is 12.4 Å². The third-order valence-electron chi connectivity index (χ3n) is 5.10. The van der Waals surface area contributed by atoms with Gasteiger partial charge in [0.1, 0.15) is 0 Å². The highest BCUT2D eigenvalue weighted by atomic mass is 35.5. The van der Waals surface area contributed by atoms with Gasteiger partial charge in [0.05, 0.1) is 6.04 Å². The van der Waals surface area contributed by atoms with Gasteiger partial charge in [0.15, 0.2) is 0 Å². The summed E-state index contributed by atoms with van der Waals surface area (Å²) in [6, 6.07) is 13.9. The van der Waals surface area contributed by atoms with Gasteiger partial charge in [-0.25, -0.2) is 4.79 Å². The van der Waals surface area contributed by atoms with E-state index in [0.29, 0.717) is 6.42 Å². The molecular weight excluding hydrogens is 390 g/mol. The lowest BCUT2D eigenvalue weighted by molar-refractivity contribution is -0.117. The number of halogens is 1. The third-order valence-corrected chi connectivity index (χ3v) is 5.10. The molecule has 6 nitrogen and oxygen atoms in total. The van der Waals surface area contributed by atoms with Gasteiger partial charge in [-0.3, -0.25) is 4.79 Å². The van der Waals surface area contributed by atoms with Crippen molar-refractivity contribution in [2.45, 2.75) is 38.9 Å². The van der Waals surface area contributed by atoms with Crippen LogP contribution in [0, 0.1) is 0 Å². The molecule has 0 bridgehead atoms. The number of carbonyl (C=O) groups excluding carboxylic acids is 1. The summed E-state index contributed by atoms with van der Waals surface area (Å²) in [6.07, 6.45) is -0.512. The number of hydrogen-bond donors (Lipinski definition) is 2. The summed E-state index contributed by atoms with van der Waals surface area (Å²) in [5.74, 6) is -0.0386. The first-order chi connectivity index (χ1) is 13.3. The first kappa shape index (κ1) is 22.7. The van der Waals surface area contributed by atoms with Crippen LogP contribution < -0.4 is 10.2 Å². The Labute approximate surface area is 177 Å². The largest absolute Gasteiger partial charge is 0.465 e. The monoisotopic (exact) mass is 417 g/mol. The Morgan fingerprint density at radius 2 is 1.76 bits per heavy atom. The average molecular weight is 418 g/mol. The summed E-state index contributed by atoms with van der Waals surface area (Å²) >= 11 is 0. The summed E-state index contributed by atoms with van der Waals surface area (Å²) in [5, 5.41) is 11.9. The van der Waals surface area contributed by atoms with Crippen LogP contribution in [-0.4, -0.2) is 42.1 Å². The Balaban J connectivity index is 0.00000300. The maximum atomic E-state index is 12.2. The minimum Gasteiger partial charge on any atom is -0.465 e. The molecule has 0 saturated heterocycles. The lowest BCUT2D eigenvalue weighted by Crippen LogP contribution is -2.45. The molecule has 0 fully saturated rings. The number of nitrogens with zero attached hydrogens (tertiary/aromatic N) is 2. The number of amides is 2. The minimum atomic E-state index is -1.06. The van der Waals surface area contributed by atoms with Crippen LogP contribution in [-0.2, 0) is 11.3 Å². The van der Waals surface area contributed by atoms with Gasteiger partial charge in [-0.2, -0.15) is 0 Å². The fourth-order valence-corrected chi connectivity index (χ4v) is 3.98. The highest BCUT2D eigenvalue weighted by Crippen LogP contribution is 2.39. The fourth-order valence-electron chi connectivity index (χ4n) is 3.98. The standard InChI is InChI=1S/C22H27N3O3.ClH/c1-14-11-20(23-22(27)28)19-12-18(9-10-21(19)25(14)15(2)26)17-7-5-16(6-8-17)13-24(3)4;/h5-10,12,14,20,23H,11,13H2,1-4H3,(H,27,28);1H/t14-,20+;/m1./s1. The second-order valence-electron chi connectivity index (χ2n) is 7.68. The number of nitrogens with one attached hydrogen (secondary N) is 1. The molecule has 2 amide bonds.